The van der Waals surface area contributed by atoms with Gasteiger partial charge in [0.15, 0.2) is 0 Å². The fourth-order valence-corrected chi connectivity index (χ4v) is 2.69. The van der Waals surface area contributed by atoms with Gasteiger partial charge in [0.25, 0.3) is 0 Å². The van der Waals surface area contributed by atoms with Crippen molar-refractivity contribution in [2.75, 3.05) is 6.61 Å². The van der Waals surface area contributed by atoms with E-state index in [4.69, 9.17) is 5.11 Å². The van der Waals surface area contributed by atoms with Crippen LogP contribution >= 0.6 is 0 Å². The van der Waals surface area contributed by atoms with Crippen LogP contribution in [0.15, 0.2) is 0 Å². The first kappa shape index (κ1) is 17.8. The van der Waals surface area contributed by atoms with Gasteiger partial charge < -0.3 is 40.8 Å². The normalized spacial score (nSPS) is 35.8. The summed E-state index contributed by atoms with van der Waals surface area (Å²) in [7, 11) is 0. The summed E-state index contributed by atoms with van der Waals surface area (Å²) in [6.45, 7) is 0.364. The van der Waals surface area contributed by atoms with Crippen molar-refractivity contribution >= 4 is 11.9 Å². The summed E-state index contributed by atoms with van der Waals surface area (Å²) in [4.78, 5) is 22.2. The summed E-state index contributed by atoms with van der Waals surface area (Å²) in [5.74, 6) is -3.53. The Morgan fingerprint density at radius 3 is 2.38 bits per heavy atom. The Kier molecular flexibility index (Phi) is 5.65. The van der Waals surface area contributed by atoms with Gasteiger partial charge in [0, 0.05) is 19.3 Å². The molecule has 0 aromatic rings. The molecule has 0 radical (unpaired) electrons. The van der Waals surface area contributed by atoms with Crippen LogP contribution in [0.25, 0.3) is 0 Å². The van der Waals surface area contributed by atoms with Crippen molar-refractivity contribution in [2.24, 2.45) is 5.92 Å². The highest BCUT2D eigenvalue weighted by molar-refractivity contribution is 5.76. The molecule has 0 aromatic carbocycles. The summed E-state index contributed by atoms with van der Waals surface area (Å²) in [6, 6.07) is -1.07. The van der Waals surface area contributed by atoms with Crippen molar-refractivity contribution in [3.8, 4) is 0 Å². The molecule has 0 bridgehead atoms. The molecule has 0 aromatic heterocycles. The zero-order valence-electron chi connectivity index (χ0n) is 11.5. The molecule has 21 heavy (non-hydrogen) atoms. The summed E-state index contributed by atoms with van der Waals surface area (Å²) < 4.78 is 0. The van der Waals surface area contributed by atoms with Crippen LogP contribution < -0.4 is 10.4 Å². The topological polar surface area (TPSA) is 170 Å². The van der Waals surface area contributed by atoms with Gasteiger partial charge in [0.05, 0.1) is 30.8 Å². The van der Waals surface area contributed by atoms with Gasteiger partial charge >= 0.3 is 0 Å². The van der Waals surface area contributed by atoms with Crippen LogP contribution in [-0.4, -0.2) is 74.0 Å². The molecule has 0 heterocycles. The highest BCUT2D eigenvalue weighted by Crippen LogP contribution is 2.35. The molecular formula is C12H20NO8-. The van der Waals surface area contributed by atoms with Crippen molar-refractivity contribution in [2.45, 2.75) is 49.7 Å². The summed E-state index contributed by atoms with van der Waals surface area (Å²) in [6.07, 6.45) is -5.85. The number of carbonyl (C=O) groups is 2. The lowest BCUT2D eigenvalue weighted by atomic mass is 9.70. The van der Waals surface area contributed by atoms with Gasteiger partial charge in [0.2, 0.25) is 5.91 Å². The van der Waals surface area contributed by atoms with Crippen molar-refractivity contribution in [1.29, 1.82) is 0 Å². The van der Waals surface area contributed by atoms with Gasteiger partial charge in [-0.25, -0.2) is 0 Å². The van der Waals surface area contributed by atoms with Crippen molar-refractivity contribution in [3.63, 3.8) is 0 Å². The van der Waals surface area contributed by atoms with Crippen LogP contribution in [0.1, 0.15) is 19.8 Å². The molecule has 0 spiro atoms. The Labute approximate surface area is 120 Å². The molecule has 9 nitrogen and oxygen atoms in total. The standard InChI is InChI=1S/C12H21NO8/c1-5(15)13-9-6(10(18)8(17)4-14)2-12(21,11(19)20)3-7(9)16/h6-10,14,16-18,21H,2-4H2,1H3,(H,13,15)(H,19,20)/p-1/t6-,7+,8-,9+,10+,12-/m1/s1. The molecule has 1 rings (SSSR count). The number of hydrogen-bond donors (Lipinski definition) is 6. The van der Waals surface area contributed by atoms with Gasteiger partial charge in [0.1, 0.15) is 11.7 Å². The minimum Gasteiger partial charge on any atom is -0.547 e. The lowest BCUT2D eigenvalue weighted by molar-refractivity contribution is -0.330. The molecule has 9 heteroatoms. The summed E-state index contributed by atoms with van der Waals surface area (Å²) in [5.41, 5.74) is -2.39. The SMILES string of the molecule is CC(=O)N[C@H]1[C@H]([C@H](O)[C@H](O)CO)C[C@](O)(C(=O)[O-])C[C@@H]1O. The number of rotatable bonds is 5. The Bertz CT molecular complexity index is 403. The molecule has 0 saturated heterocycles. The molecule has 0 unspecified atom stereocenters. The van der Waals surface area contributed by atoms with Gasteiger partial charge in [-0.3, -0.25) is 4.79 Å². The molecule has 1 fully saturated rings. The number of carboxylic acid groups (broad SMARTS) is 1. The maximum atomic E-state index is 11.2. The van der Waals surface area contributed by atoms with Gasteiger partial charge in [-0.1, -0.05) is 0 Å². The van der Waals surface area contributed by atoms with Crippen LogP contribution in [0, 0.1) is 5.92 Å². The molecule has 1 aliphatic rings. The van der Waals surface area contributed by atoms with Crippen molar-refractivity contribution in [1.82, 2.24) is 5.32 Å². The third-order valence-electron chi connectivity index (χ3n) is 3.77. The number of amides is 1. The molecule has 0 aliphatic heterocycles. The van der Waals surface area contributed by atoms with Crippen molar-refractivity contribution in [3.05, 3.63) is 0 Å². The number of carboxylic acids is 1. The maximum Gasteiger partial charge on any atom is 0.217 e. The monoisotopic (exact) mass is 306 g/mol. The first-order valence-corrected chi connectivity index (χ1v) is 6.48. The zero-order chi connectivity index (χ0) is 16.4. The number of aliphatic hydroxyl groups excluding tert-OH is 4. The van der Waals surface area contributed by atoms with Gasteiger partial charge in [-0.2, -0.15) is 0 Å². The molecule has 1 amide bonds. The van der Waals surface area contributed by atoms with E-state index in [1.807, 2.05) is 0 Å². The van der Waals surface area contributed by atoms with E-state index in [1.54, 1.807) is 0 Å². The molecule has 1 saturated carbocycles. The van der Waals surface area contributed by atoms with E-state index in [-0.39, 0.29) is 0 Å². The molecular weight excluding hydrogens is 286 g/mol. The van der Waals surface area contributed by atoms with E-state index in [1.165, 1.54) is 0 Å². The average molecular weight is 306 g/mol. The lowest BCUT2D eigenvalue weighted by Crippen LogP contribution is -2.64. The Morgan fingerprint density at radius 2 is 1.95 bits per heavy atom. The second-order valence-corrected chi connectivity index (χ2v) is 5.43. The number of aliphatic carboxylic acids is 1. The van der Waals surface area contributed by atoms with E-state index in [0.29, 0.717) is 0 Å². The number of aliphatic hydroxyl groups is 5. The maximum absolute atomic E-state index is 11.2. The van der Waals surface area contributed by atoms with E-state index in [2.05, 4.69) is 5.32 Å². The second-order valence-electron chi connectivity index (χ2n) is 5.43. The quantitative estimate of drug-likeness (QED) is 0.295. The Hall–Kier alpha value is -1.26. The smallest absolute Gasteiger partial charge is 0.217 e. The van der Waals surface area contributed by atoms with E-state index in [0.717, 1.165) is 6.92 Å². The van der Waals surface area contributed by atoms with Crippen molar-refractivity contribution < 1.29 is 40.2 Å². The van der Waals surface area contributed by atoms with Gasteiger partial charge in [-0.15, -0.1) is 0 Å². The predicted molar refractivity (Wildman–Crippen MR) is 65.4 cm³/mol. The highest BCUT2D eigenvalue weighted by atomic mass is 16.4. The number of carbonyl (C=O) groups excluding carboxylic acids is 2. The van der Waals surface area contributed by atoms with Crippen LogP contribution in [0.3, 0.4) is 0 Å². The van der Waals surface area contributed by atoms with Crippen LogP contribution in [0.5, 0.6) is 0 Å². The minimum atomic E-state index is -2.39. The lowest BCUT2D eigenvalue weighted by Gasteiger charge is -2.46. The fourth-order valence-electron chi connectivity index (χ4n) is 2.69. The summed E-state index contributed by atoms with van der Waals surface area (Å²) >= 11 is 0. The van der Waals surface area contributed by atoms with Crippen LogP contribution in [0.4, 0.5) is 0 Å². The first-order valence-electron chi connectivity index (χ1n) is 6.48. The van der Waals surface area contributed by atoms with Gasteiger partial charge in [-0.05, 0) is 6.42 Å². The minimum absolute atomic E-state index is 0.534. The molecule has 6 N–H and O–H groups in total. The predicted octanol–water partition coefficient (Wildman–Crippen LogP) is -4.54. The third-order valence-corrected chi connectivity index (χ3v) is 3.77. The average Bonchev–Trinajstić information content (AvgIpc) is 2.39. The summed E-state index contributed by atoms with van der Waals surface area (Å²) in [5, 5.41) is 61.6. The Balaban J connectivity index is 3.07. The van der Waals surface area contributed by atoms with Crippen LogP contribution in [-0.2, 0) is 9.59 Å². The number of nitrogens with one attached hydrogen (secondary N) is 1. The van der Waals surface area contributed by atoms with Crippen LogP contribution in [0.2, 0.25) is 0 Å². The largest absolute Gasteiger partial charge is 0.547 e. The van der Waals surface area contributed by atoms with E-state index < -0.39 is 67.2 Å². The zero-order valence-corrected chi connectivity index (χ0v) is 11.5. The molecule has 6 atom stereocenters. The fraction of sp³-hybridized carbons (Fsp3) is 0.833. The highest BCUT2D eigenvalue weighted by Gasteiger charge is 2.49. The molecule has 1 aliphatic carbocycles. The first-order chi connectivity index (χ1) is 9.62. The second kappa shape index (κ2) is 6.67. The van der Waals surface area contributed by atoms with E-state index >= 15 is 0 Å². The van der Waals surface area contributed by atoms with E-state index in [9.17, 15) is 35.1 Å². The molecule has 122 valence electrons. The number of hydrogen-bond acceptors (Lipinski definition) is 8. The Morgan fingerprint density at radius 1 is 1.38 bits per heavy atom. The third kappa shape index (κ3) is 3.89.